The number of carbonyl (C=O) groups is 1. The van der Waals surface area contributed by atoms with Gasteiger partial charge in [-0.25, -0.2) is 4.39 Å². The first-order chi connectivity index (χ1) is 9.11. The summed E-state index contributed by atoms with van der Waals surface area (Å²) in [4.78, 5) is 15.0. The molecule has 0 heterocycles. The van der Waals surface area contributed by atoms with Crippen molar-refractivity contribution in [3.05, 3.63) is 48.3 Å². The highest BCUT2D eigenvalue weighted by Gasteiger charge is 2.13. The number of esters is 1. The Morgan fingerprint density at radius 2 is 1.89 bits per heavy atom. The Bertz CT molecular complexity index is 621. The van der Waals surface area contributed by atoms with E-state index >= 15 is 0 Å². The summed E-state index contributed by atoms with van der Waals surface area (Å²) in [5.74, 6) is -0.438. The Morgan fingerprint density at radius 3 is 2.47 bits per heavy atom. The van der Waals surface area contributed by atoms with Gasteiger partial charge in [-0.3, -0.25) is 9.79 Å². The van der Waals surface area contributed by atoms with Crippen LogP contribution in [0.25, 0.3) is 11.1 Å². The molecule has 3 nitrogen and oxygen atoms in total. The highest BCUT2D eigenvalue weighted by Crippen LogP contribution is 2.38. The molecule has 0 spiro atoms. The van der Waals surface area contributed by atoms with Gasteiger partial charge in [-0.15, -0.1) is 0 Å². The van der Waals surface area contributed by atoms with Crippen molar-refractivity contribution in [2.75, 3.05) is 0 Å². The Hall–Kier alpha value is -2.49. The summed E-state index contributed by atoms with van der Waals surface area (Å²) in [5.41, 5.74) is 1.88. The van der Waals surface area contributed by atoms with Crippen LogP contribution in [-0.4, -0.2) is 12.7 Å². The van der Waals surface area contributed by atoms with Crippen molar-refractivity contribution in [2.45, 2.75) is 6.92 Å². The number of benzene rings is 2. The number of nitrogens with zero attached hydrogens (tertiary/aromatic N) is 1. The van der Waals surface area contributed by atoms with Gasteiger partial charge in [0, 0.05) is 12.5 Å². The van der Waals surface area contributed by atoms with Crippen LogP contribution in [0.1, 0.15) is 6.92 Å². The maximum Gasteiger partial charge on any atom is 0.308 e. The second-order valence-corrected chi connectivity index (χ2v) is 3.91. The van der Waals surface area contributed by atoms with Gasteiger partial charge in [0.15, 0.2) is 5.75 Å². The molecule has 0 bridgehead atoms. The molecule has 0 unspecified atom stereocenters. The van der Waals surface area contributed by atoms with Crippen LogP contribution in [0, 0.1) is 5.82 Å². The third-order valence-electron chi connectivity index (χ3n) is 2.57. The fourth-order valence-corrected chi connectivity index (χ4v) is 1.76. The molecule has 19 heavy (non-hydrogen) atoms. The average molecular weight is 257 g/mol. The van der Waals surface area contributed by atoms with E-state index in [9.17, 15) is 9.18 Å². The van der Waals surface area contributed by atoms with Crippen molar-refractivity contribution in [1.29, 1.82) is 0 Å². The Kier molecular flexibility index (Phi) is 3.71. The van der Waals surface area contributed by atoms with E-state index in [1.54, 1.807) is 30.3 Å². The van der Waals surface area contributed by atoms with Crippen LogP contribution >= 0.6 is 0 Å². The van der Waals surface area contributed by atoms with Gasteiger partial charge in [0.05, 0.1) is 0 Å². The van der Waals surface area contributed by atoms with Gasteiger partial charge in [0.25, 0.3) is 0 Å². The normalized spacial score (nSPS) is 10.0. The number of halogens is 1. The van der Waals surface area contributed by atoms with Gasteiger partial charge in [0.2, 0.25) is 0 Å². The summed E-state index contributed by atoms with van der Waals surface area (Å²) in [5, 5.41) is 0. The first-order valence-corrected chi connectivity index (χ1v) is 5.66. The lowest BCUT2D eigenvalue weighted by molar-refractivity contribution is -0.131. The molecule has 0 amide bonds. The molecule has 4 heteroatoms. The minimum absolute atomic E-state index is 0.323. The molecule has 2 aromatic carbocycles. The van der Waals surface area contributed by atoms with Crippen LogP contribution in [0.3, 0.4) is 0 Å². The third-order valence-corrected chi connectivity index (χ3v) is 2.57. The molecule has 0 aliphatic rings. The smallest absolute Gasteiger partial charge is 0.308 e. The fourth-order valence-electron chi connectivity index (χ4n) is 1.76. The van der Waals surface area contributed by atoms with E-state index in [1.165, 1.54) is 19.1 Å². The summed E-state index contributed by atoms with van der Waals surface area (Å²) in [6, 6.07) is 11.2. The molecule has 0 N–H and O–H groups in total. The number of hydrogen-bond donors (Lipinski definition) is 0. The lowest BCUT2D eigenvalue weighted by Gasteiger charge is -2.11. The second kappa shape index (κ2) is 5.44. The number of ether oxygens (including phenoxy) is 1. The third kappa shape index (κ3) is 2.85. The van der Waals surface area contributed by atoms with Crippen LogP contribution in [-0.2, 0) is 4.79 Å². The quantitative estimate of drug-likeness (QED) is 0.477. The van der Waals surface area contributed by atoms with Crippen molar-refractivity contribution in [2.24, 2.45) is 4.99 Å². The molecule has 0 atom stereocenters. The molecule has 96 valence electrons. The van der Waals surface area contributed by atoms with Gasteiger partial charge < -0.3 is 4.74 Å². The van der Waals surface area contributed by atoms with E-state index in [0.717, 1.165) is 5.56 Å². The minimum Gasteiger partial charge on any atom is -0.424 e. The highest BCUT2D eigenvalue weighted by atomic mass is 19.1. The van der Waals surface area contributed by atoms with Gasteiger partial charge >= 0.3 is 5.97 Å². The number of aliphatic imine (C=N–C) groups is 1. The zero-order valence-electron chi connectivity index (χ0n) is 10.4. The number of hydrogen-bond acceptors (Lipinski definition) is 3. The second-order valence-electron chi connectivity index (χ2n) is 3.91. The molecular formula is C15H12FNO2. The summed E-state index contributed by atoms with van der Waals surface area (Å²) < 4.78 is 18.1. The monoisotopic (exact) mass is 257 g/mol. The zero-order chi connectivity index (χ0) is 13.8. The fraction of sp³-hybridized carbons (Fsp3) is 0.0667. The number of para-hydroxylation sites is 1. The molecule has 0 saturated carbocycles. The molecule has 0 aliphatic heterocycles. The molecule has 0 fully saturated rings. The lowest BCUT2D eigenvalue weighted by Crippen LogP contribution is -2.03. The number of carbonyl (C=O) groups excluding carboxylic acids is 1. The number of rotatable bonds is 3. The molecular weight excluding hydrogens is 245 g/mol. The molecule has 2 aromatic rings. The Balaban J connectivity index is 2.58. The molecule has 0 aromatic heterocycles. The molecule has 0 saturated heterocycles. The maximum atomic E-state index is 12.9. The van der Waals surface area contributed by atoms with Crippen molar-refractivity contribution in [3.63, 3.8) is 0 Å². The first-order valence-electron chi connectivity index (χ1n) is 5.66. The van der Waals surface area contributed by atoms with E-state index in [-0.39, 0.29) is 5.82 Å². The van der Waals surface area contributed by atoms with E-state index in [2.05, 4.69) is 11.7 Å². The topological polar surface area (TPSA) is 38.7 Å². The minimum atomic E-state index is -0.445. The lowest BCUT2D eigenvalue weighted by atomic mass is 10.0. The first kappa shape index (κ1) is 13.0. The van der Waals surface area contributed by atoms with Crippen LogP contribution in [0.15, 0.2) is 47.5 Å². The van der Waals surface area contributed by atoms with Crippen molar-refractivity contribution < 1.29 is 13.9 Å². The van der Waals surface area contributed by atoms with Crippen molar-refractivity contribution in [3.8, 4) is 16.9 Å². The molecule has 2 rings (SSSR count). The van der Waals surface area contributed by atoms with Gasteiger partial charge in [-0.05, 0) is 30.5 Å². The van der Waals surface area contributed by atoms with E-state index < -0.39 is 5.97 Å². The predicted octanol–water partition coefficient (Wildman–Crippen LogP) is 3.75. The van der Waals surface area contributed by atoms with Gasteiger partial charge in [-0.1, -0.05) is 24.3 Å². The van der Waals surface area contributed by atoms with Crippen LogP contribution < -0.4 is 4.74 Å². The Morgan fingerprint density at radius 1 is 1.21 bits per heavy atom. The van der Waals surface area contributed by atoms with Crippen LogP contribution in [0.4, 0.5) is 10.1 Å². The van der Waals surface area contributed by atoms with Crippen molar-refractivity contribution >= 4 is 18.4 Å². The SMILES string of the molecule is C=Nc1cccc(-c2ccc(F)cc2)c1OC(C)=O. The molecule has 0 aliphatic carbocycles. The van der Waals surface area contributed by atoms with Gasteiger partial charge in [0.1, 0.15) is 11.5 Å². The predicted molar refractivity (Wildman–Crippen MR) is 72.4 cm³/mol. The Labute approximate surface area is 110 Å². The maximum absolute atomic E-state index is 12.9. The summed E-state index contributed by atoms with van der Waals surface area (Å²) in [6.45, 7) is 4.76. The largest absolute Gasteiger partial charge is 0.424 e. The van der Waals surface area contributed by atoms with Crippen LogP contribution in [0.5, 0.6) is 5.75 Å². The van der Waals surface area contributed by atoms with E-state index in [1.807, 2.05) is 0 Å². The van der Waals surface area contributed by atoms with Gasteiger partial charge in [-0.2, -0.15) is 0 Å². The summed E-state index contributed by atoms with van der Waals surface area (Å²) in [6.07, 6.45) is 0. The summed E-state index contributed by atoms with van der Waals surface area (Å²) >= 11 is 0. The van der Waals surface area contributed by atoms with Crippen molar-refractivity contribution in [1.82, 2.24) is 0 Å². The molecule has 0 radical (unpaired) electrons. The van der Waals surface area contributed by atoms with E-state index in [4.69, 9.17) is 4.74 Å². The average Bonchev–Trinajstić information content (AvgIpc) is 2.39. The standard InChI is InChI=1S/C15H12FNO2/c1-10(18)19-15-13(4-3-5-14(15)17-2)11-6-8-12(16)9-7-11/h3-9H,2H2,1H3. The highest BCUT2D eigenvalue weighted by molar-refractivity contribution is 5.82. The zero-order valence-corrected chi connectivity index (χ0v) is 10.4. The van der Waals surface area contributed by atoms with E-state index in [0.29, 0.717) is 17.0 Å². The van der Waals surface area contributed by atoms with Crippen LogP contribution in [0.2, 0.25) is 0 Å². The summed E-state index contributed by atoms with van der Waals surface area (Å²) in [7, 11) is 0.